The maximum Gasteiger partial charge on any atom is 0.0724 e. The van der Waals surface area contributed by atoms with E-state index in [9.17, 15) is 5.11 Å². The summed E-state index contributed by atoms with van der Waals surface area (Å²) in [5.74, 6) is 2.57. The summed E-state index contributed by atoms with van der Waals surface area (Å²) in [4.78, 5) is 0. The molecule has 4 aliphatic rings. The average Bonchev–Trinajstić information content (AvgIpc) is 2.76. The van der Waals surface area contributed by atoms with Crippen molar-refractivity contribution in [3.05, 3.63) is 11.6 Å². The summed E-state index contributed by atoms with van der Waals surface area (Å²) in [6, 6.07) is 0. The monoisotopic (exact) mass is 308 g/mol. The molecule has 1 N–H and O–H groups in total. The summed E-state index contributed by atoms with van der Waals surface area (Å²) in [5, 5.41) is 10.4. The van der Waals surface area contributed by atoms with Gasteiger partial charge < -0.3 is 5.11 Å². The van der Waals surface area contributed by atoms with Gasteiger partial charge in [0.1, 0.15) is 0 Å². The van der Waals surface area contributed by atoms with E-state index in [1.807, 2.05) is 0 Å². The molecule has 0 spiro atoms. The van der Waals surface area contributed by atoms with Crippen LogP contribution >= 0.6 is 11.6 Å². The first-order valence-electron chi connectivity index (χ1n) is 8.98. The van der Waals surface area contributed by atoms with Crippen LogP contribution in [0.15, 0.2) is 11.6 Å². The second kappa shape index (κ2) is 4.74. The fourth-order valence-electron chi connectivity index (χ4n) is 6.65. The van der Waals surface area contributed by atoms with E-state index in [2.05, 4.69) is 19.9 Å². The predicted octanol–water partition coefficient (Wildman–Crippen LogP) is 4.92. The van der Waals surface area contributed by atoms with Crippen LogP contribution in [0.2, 0.25) is 0 Å². The lowest BCUT2D eigenvalue weighted by Gasteiger charge is -2.58. The molecular formula is C19H29ClO. The predicted molar refractivity (Wildman–Crippen MR) is 87.4 cm³/mol. The van der Waals surface area contributed by atoms with Gasteiger partial charge in [-0.15, -0.1) is 11.6 Å². The van der Waals surface area contributed by atoms with Gasteiger partial charge in [0, 0.05) is 5.38 Å². The number of aliphatic hydroxyl groups excluding tert-OH is 1. The van der Waals surface area contributed by atoms with Crippen molar-refractivity contribution in [2.24, 2.45) is 28.6 Å². The second-order valence-corrected chi connectivity index (χ2v) is 9.25. The van der Waals surface area contributed by atoms with E-state index in [4.69, 9.17) is 11.6 Å². The largest absolute Gasteiger partial charge is 0.389 e. The number of hydrogen-bond donors (Lipinski definition) is 1. The molecule has 0 aliphatic heterocycles. The molecule has 2 heteroatoms. The van der Waals surface area contributed by atoms with E-state index in [1.54, 1.807) is 5.57 Å². The van der Waals surface area contributed by atoms with Crippen molar-refractivity contribution in [1.82, 2.24) is 0 Å². The summed E-state index contributed by atoms with van der Waals surface area (Å²) in [7, 11) is 0. The summed E-state index contributed by atoms with van der Waals surface area (Å²) in [6.07, 6.45) is 12.0. The van der Waals surface area contributed by atoms with Crippen molar-refractivity contribution < 1.29 is 5.11 Å². The Morgan fingerprint density at radius 1 is 1.05 bits per heavy atom. The van der Waals surface area contributed by atoms with Gasteiger partial charge in [0.25, 0.3) is 0 Å². The van der Waals surface area contributed by atoms with Crippen molar-refractivity contribution in [2.75, 3.05) is 0 Å². The summed E-state index contributed by atoms with van der Waals surface area (Å²) >= 11 is 6.70. The Bertz CT molecular complexity index is 472. The molecule has 4 aliphatic carbocycles. The zero-order valence-electron chi connectivity index (χ0n) is 13.4. The topological polar surface area (TPSA) is 20.2 Å². The summed E-state index contributed by atoms with van der Waals surface area (Å²) in [6.45, 7) is 4.97. The first-order chi connectivity index (χ1) is 9.95. The molecule has 0 heterocycles. The Balaban J connectivity index is 1.67. The zero-order chi connectivity index (χ0) is 14.8. The van der Waals surface area contributed by atoms with E-state index in [-0.39, 0.29) is 6.10 Å². The highest BCUT2D eigenvalue weighted by Crippen LogP contribution is 2.66. The highest BCUT2D eigenvalue weighted by atomic mass is 35.5. The van der Waals surface area contributed by atoms with Crippen molar-refractivity contribution in [2.45, 2.75) is 76.7 Å². The minimum absolute atomic E-state index is 0.183. The molecule has 3 fully saturated rings. The van der Waals surface area contributed by atoms with Gasteiger partial charge in [0.05, 0.1) is 6.10 Å². The number of alkyl halides is 1. The zero-order valence-corrected chi connectivity index (χ0v) is 14.2. The molecule has 0 amide bonds. The van der Waals surface area contributed by atoms with Gasteiger partial charge in [0.2, 0.25) is 0 Å². The molecule has 21 heavy (non-hydrogen) atoms. The highest BCUT2D eigenvalue weighted by Gasteiger charge is 2.58. The number of aliphatic hydroxyl groups is 1. The van der Waals surface area contributed by atoms with Crippen LogP contribution in [0.5, 0.6) is 0 Å². The highest BCUT2D eigenvalue weighted by molar-refractivity contribution is 6.21. The van der Waals surface area contributed by atoms with Crippen LogP contribution in [-0.4, -0.2) is 16.6 Å². The van der Waals surface area contributed by atoms with Crippen molar-refractivity contribution >= 4 is 11.6 Å². The fourth-order valence-corrected chi connectivity index (χ4v) is 7.04. The van der Waals surface area contributed by atoms with Crippen molar-refractivity contribution in [3.63, 3.8) is 0 Å². The van der Waals surface area contributed by atoms with Crippen LogP contribution in [0, 0.1) is 28.6 Å². The third-order valence-corrected chi connectivity index (χ3v) is 8.69. The maximum atomic E-state index is 9.99. The molecule has 7 atom stereocenters. The molecule has 2 unspecified atom stereocenters. The van der Waals surface area contributed by atoms with E-state index in [0.717, 1.165) is 24.2 Å². The van der Waals surface area contributed by atoms with Gasteiger partial charge in [0.15, 0.2) is 0 Å². The number of allylic oxidation sites excluding steroid dienone is 1. The average molecular weight is 309 g/mol. The quantitative estimate of drug-likeness (QED) is 0.497. The Hall–Kier alpha value is -0.0100. The van der Waals surface area contributed by atoms with Crippen LogP contribution in [0.1, 0.15) is 65.2 Å². The van der Waals surface area contributed by atoms with E-state index >= 15 is 0 Å². The minimum atomic E-state index is -0.183. The van der Waals surface area contributed by atoms with Gasteiger partial charge >= 0.3 is 0 Å². The number of hydrogen-bond acceptors (Lipinski definition) is 1. The molecule has 118 valence electrons. The fraction of sp³-hybridized carbons (Fsp3) is 0.895. The summed E-state index contributed by atoms with van der Waals surface area (Å²) in [5.41, 5.74) is 2.34. The first kappa shape index (κ1) is 14.6. The number of fused-ring (bicyclic) bond motifs is 5. The first-order valence-corrected chi connectivity index (χ1v) is 9.42. The van der Waals surface area contributed by atoms with Crippen LogP contribution in [0.3, 0.4) is 0 Å². The van der Waals surface area contributed by atoms with Crippen molar-refractivity contribution in [1.29, 1.82) is 0 Å². The van der Waals surface area contributed by atoms with E-state index in [1.165, 1.54) is 44.9 Å². The molecule has 0 aromatic heterocycles. The molecule has 3 saturated carbocycles. The summed E-state index contributed by atoms with van der Waals surface area (Å²) < 4.78 is 0. The lowest BCUT2D eigenvalue weighted by atomic mass is 9.47. The number of halogens is 1. The Labute approximate surface area is 134 Å². The van der Waals surface area contributed by atoms with Crippen molar-refractivity contribution in [3.8, 4) is 0 Å². The molecule has 1 nitrogen and oxygen atoms in total. The second-order valence-electron chi connectivity index (χ2n) is 8.72. The van der Waals surface area contributed by atoms with Gasteiger partial charge in [-0.1, -0.05) is 25.5 Å². The van der Waals surface area contributed by atoms with Crippen LogP contribution < -0.4 is 0 Å². The lowest BCUT2D eigenvalue weighted by Crippen LogP contribution is -2.50. The van der Waals surface area contributed by atoms with E-state index in [0.29, 0.717) is 16.2 Å². The van der Waals surface area contributed by atoms with Crippen LogP contribution in [0.4, 0.5) is 0 Å². The standard InChI is InChI=1S/C19H29ClO/c1-18-9-7-13(21)11-12(18)3-4-14-15-5-6-17(20)19(15,2)10-8-16(14)18/h11,13-17,21H,3-10H2,1-2H3/t13?,14-,15-,16-,17?,18-,19-/m0/s1. The van der Waals surface area contributed by atoms with Gasteiger partial charge in [-0.25, -0.2) is 0 Å². The molecule has 0 bridgehead atoms. The molecule has 0 aromatic rings. The number of rotatable bonds is 0. The molecule has 0 saturated heterocycles. The third kappa shape index (κ3) is 1.92. The van der Waals surface area contributed by atoms with Gasteiger partial charge in [-0.2, -0.15) is 0 Å². The molecule has 0 aromatic carbocycles. The molecule has 4 rings (SSSR count). The normalized spacial score (nSPS) is 56.2. The van der Waals surface area contributed by atoms with Crippen LogP contribution in [0.25, 0.3) is 0 Å². The van der Waals surface area contributed by atoms with E-state index < -0.39 is 0 Å². The maximum absolute atomic E-state index is 9.99. The van der Waals surface area contributed by atoms with Gasteiger partial charge in [-0.05, 0) is 80.0 Å². The molecule has 0 radical (unpaired) electrons. The SMILES string of the molecule is C[C@]12CCC(O)C=C1CC[C@@H]1[C@@H]2CC[C@]2(C)C(Cl)CC[C@@H]12. The third-order valence-electron chi connectivity index (χ3n) is 7.97. The van der Waals surface area contributed by atoms with Gasteiger partial charge in [-0.3, -0.25) is 0 Å². The smallest absolute Gasteiger partial charge is 0.0724 e. The Morgan fingerprint density at radius 3 is 2.67 bits per heavy atom. The Kier molecular flexibility index (Phi) is 3.29. The lowest BCUT2D eigenvalue weighted by molar-refractivity contribution is -0.0401. The Morgan fingerprint density at radius 2 is 1.86 bits per heavy atom. The van der Waals surface area contributed by atoms with Crippen LogP contribution in [-0.2, 0) is 0 Å². The minimum Gasteiger partial charge on any atom is -0.389 e. The molecular weight excluding hydrogens is 280 g/mol.